The maximum absolute atomic E-state index is 5.19. The van der Waals surface area contributed by atoms with Crippen LogP contribution in [0.4, 0.5) is 0 Å². The maximum Gasteiger partial charge on any atom is 0.164 e. The molecule has 0 unspecified atom stereocenters. The van der Waals surface area contributed by atoms with Gasteiger partial charge in [-0.05, 0) is 86.6 Å². The fraction of sp³-hybridized carbons (Fsp3) is 0.0577. The molecule has 11 rings (SSSR count). The Morgan fingerprint density at radius 2 is 0.982 bits per heavy atom. The molecule has 0 radical (unpaired) electrons. The minimum Gasteiger partial charge on any atom is -0.309 e. The van der Waals surface area contributed by atoms with Gasteiger partial charge >= 0.3 is 0 Å². The molecule has 2 heterocycles. The third kappa shape index (κ3) is 5.10. The summed E-state index contributed by atoms with van der Waals surface area (Å²) in [5.74, 6) is 1.91. The van der Waals surface area contributed by atoms with Gasteiger partial charge in [0.2, 0.25) is 0 Å². The van der Waals surface area contributed by atoms with Crippen molar-refractivity contribution in [3.8, 4) is 62.1 Å². The first-order chi connectivity index (χ1) is 27.5. The fourth-order valence-electron chi connectivity index (χ4n) is 8.78. The second-order valence-electron chi connectivity index (χ2n) is 15.3. The molecule has 4 nitrogen and oxygen atoms in total. The van der Waals surface area contributed by atoms with E-state index < -0.39 is 0 Å². The quantitative estimate of drug-likeness (QED) is 0.178. The van der Waals surface area contributed by atoms with E-state index in [2.05, 4.69) is 164 Å². The highest BCUT2D eigenvalue weighted by Crippen LogP contribution is 2.51. The first-order valence-corrected chi connectivity index (χ1v) is 19.2. The summed E-state index contributed by atoms with van der Waals surface area (Å²) in [4.78, 5) is 15.4. The van der Waals surface area contributed by atoms with Crippen LogP contribution in [0.15, 0.2) is 182 Å². The summed E-state index contributed by atoms with van der Waals surface area (Å²) in [7, 11) is 0. The minimum absolute atomic E-state index is 0.133. The van der Waals surface area contributed by atoms with Gasteiger partial charge in [0.15, 0.2) is 17.5 Å². The van der Waals surface area contributed by atoms with Crippen molar-refractivity contribution >= 4 is 32.6 Å². The van der Waals surface area contributed by atoms with Gasteiger partial charge in [0.1, 0.15) is 0 Å². The van der Waals surface area contributed by atoms with Gasteiger partial charge in [-0.15, -0.1) is 0 Å². The molecule has 0 spiro atoms. The molecular weight excluding hydrogens is 681 g/mol. The van der Waals surface area contributed by atoms with Gasteiger partial charge in [0.05, 0.1) is 11.0 Å². The predicted octanol–water partition coefficient (Wildman–Crippen LogP) is 13.1. The van der Waals surface area contributed by atoms with Crippen LogP contribution in [0.1, 0.15) is 25.0 Å². The summed E-state index contributed by atoms with van der Waals surface area (Å²) >= 11 is 0. The van der Waals surface area contributed by atoms with E-state index in [0.29, 0.717) is 17.5 Å². The summed E-state index contributed by atoms with van der Waals surface area (Å²) in [5, 5.41) is 4.87. The SMILES string of the molecule is CC1(C)c2ccccc2-c2cc3c4ccccc4n(-c4cc(-c5ccc6ccccc6c5)cc(-c5nc(-c6ccccc6)nc(-c6ccccc6)n5)c4)c3cc21. The number of fused-ring (bicyclic) bond motifs is 7. The van der Waals surface area contributed by atoms with Crippen molar-refractivity contribution in [2.24, 2.45) is 0 Å². The normalized spacial score (nSPS) is 13.0. The Bertz CT molecular complexity index is 3100. The molecule has 0 atom stereocenters. The van der Waals surface area contributed by atoms with Crippen LogP contribution in [0.2, 0.25) is 0 Å². The van der Waals surface area contributed by atoms with E-state index in [1.54, 1.807) is 0 Å². The molecule has 0 N–H and O–H groups in total. The van der Waals surface area contributed by atoms with E-state index in [4.69, 9.17) is 15.0 Å². The molecule has 0 saturated carbocycles. The summed E-state index contributed by atoms with van der Waals surface area (Å²) < 4.78 is 2.44. The average Bonchev–Trinajstić information content (AvgIpc) is 3.70. The lowest BCUT2D eigenvalue weighted by molar-refractivity contribution is 0.661. The molecule has 1 aliphatic rings. The molecule has 4 heteroatoms. The van der Waals surface area contributed by atoms with Crippen LogP contribution < -0.4 is 0 Å². The highest BCUT2D eigenvalue weighted by Gasteiger charge is 2.36. The summed E-state index contributed by atoms with van der Waals surface area (Å²) in [5.41, 5.74) is 13.6. The third-order valence-electron chi connectivity index (χ3n) is 11.6. The zero-order valence-electron chi connectivity index (χ0n) is 31.1. The molecule has 0 fully saturated rings. The van der Waals surface area contributed by atoms with Gasteiger partial charge in [-0.1, -0.05) is 153 Å². The number of hydrogen-bond acceptors (Lipinski definition) is 3. The number of hydrogen-bond donors (Lipinski definition) is 0. The molecule has 0 bridgehead atoms. The maximum atomic E-state index is 5.19. The van der Waals surface area contributed by atoms with Crippen molar-refractivity contribution in [2.45, 2.75) is 19.3 Å². The molecular formula is C52H36N4. The number of aromatic nitrogens is 4. The smallest absolute Gasteiger partial charge is 0.164 e. The Morgan fingerprint density at radius 3 is 1.73 bits per heavy atom. The summed E-state index contributed by atoms with van der Waals surface area (Å²) in [6.45, 7) is 4.70. The van der Waals surface area contributed by atoms with Crippen molar-refractivity contribution in [2.75, 3.05) is 0 Å². The third-order valence-corrected chi connectivity index (χ3v) is 11.6. The van der Waals surface area contributed by atoms with Crippen LogP contribution in [0.25, 0.3) is 94.7 Å². The molecule has 10 aromatic rings. The monoisotopic (exact) mass is 716 g/mol. The number of nitrogens with zero attached hydrogens (tertiary/aromatic N) is 4. The molecule has 264 valence electrons. The molecule has 1 aliphatic carbocycles. The molecule has 0 aliphatic heterocycles. The zero-order valence-corrected chi connectivity index (χ0v) is 31.1. The lowest BCUT2D eigenvalue weighted by Crippen LogP contribution is -2.15. The number of benzene rings is 8. The van der Waals surface area contributed by atoms with Crippen LogP contribution in [0.3, 0.4) is 0 Å². The fourth-order valence-corrected chi connectivity index (χ4v) is 8.78. The highest BCUT2D eigenvalue weighted by molar-refractivity contribution is 6.12. The Morgan fingerprint density at radius 1 is 0.375 bits per heavy atom. The van der Waals surface area contributed by atoms with E-state index in [1.165, 1.54) is 49.3 Å². The molecule has 8 aromatic carbocycles. The molecule has 0 saturated heterocycles. The Hall–Kier alpha value is -7.17. The van der Waals surface area contributed by atoms with Gasteiger partial charge in [0, 0.05) is 38.6 Å². The number of para-hydroxylation sites is 1. The average molecular weight is 717 g/mol. The van der Waals surface area contributed by atoms with Crippen LogP contribution in [-0.2, 0) is 5.41 Å². The molecule has 0 amide bonds. The van der Waals surface area contributed by atoms with Gasteiger partial charge in [-0.3, -0.25) is 0 Å². The standard InChI is InChI=1S/C52H36N4/c1-52(2)45-23-13-11-21-41(45)43-31-44-42-22-12-14-24-47(42)56(48(44)32-46(43)52)40-29-38(37-26-25-33-15-9-10-20-36(33)27-37)28-39(30-40)51-54-49(34-16-5-3-6-17-34)53-50(55-51)35-18-7-4-8-19-35/h3-32H,1-2H3. The second-order valence-corrected chi connectivity index (χ2v) is 15.3. The topological polar surface area (TPSA) is 43.6 Å². The van der Waals surface area contributed by atoms with Gasteiger partial charge in [-0.25, -0.2) is 15.0 Å². The lowest BCUT2D eigenvalue weighted by atomic mass is 9.82. The highest BCUT2D eigenvalue weighted by atomic mass is 15.0. The van der Waals surface area contributed by atoms with E-state index in [1.807, 2.05) is 36.4 Å². The van der Waals surface area contributed by atoms with Crippen LogP contribution >= 0.6 is 0 Å². The van der Waals surface area contributed by atoms with E-state index in [0.717, 1.165) is 39.0 Å². The van der Waals surface area contributed by atoms with Gasteiger partial charge in [-0.2, -0.15) is 0 Å². The van der Waals surface area contributed by atoms with Crippen LogP contribution in [-0.4, -0.2) is 19.5 Å². The van der Waals surface area contributed by atoms with E-state index in [9.17, 15) is 0 Å². The van der Waals surface area contributed by atoms with Gasteiger partial charge in [0.25, 0.3) is 0 Å². The Kier molecular flexibility index (Phi) is 7.17. The van der Waals surface area contributed by atoms with Crippen molar-refractivity contribution < 1.29 is 0 Å². The number of rotatable bonds is 5. The van der Waals surface area contributed by atoms with Crippen molar-refractivity contribution in [3.05, 3.63) is 193 Å². The van der Waals surface area contributed by atoms with Crippen LogP contribution in [0, 0.1) is 0 Å². The Labute approximate surface area is 325 Å². The first-order valence-electron chi connectivity index (χ1n) is 19.2. The molecule has 56 heavy (non-hydrogen) atoms. The van der Waals surface area contributed by atoms with E-state index in [-0.39, 0.29) is 5.41 Å². The van der Waals surface area contributed by atoms with Crippen LogP contribution in [0.5, 0.6) is 0 Å². The lowest BCUT2D eigenvalue weighted by Gasteiger charge is -2.22. The van der Waals surface area contributed by atoms with Gasteiger partial charge < -0.3 is 4.57 Å². The van der Waals surface area contributed by atoms with Crippen molar-refractivity contribution in [1.82, 2.24) is 19.5 Å². The largest absolute Gasteiger partial charge is 0.309 e. The first kappa shape index (κ1) is 32.3. The minimum atomic E-state index is -0.133. The second kappa shape index (κ2) is 12.4. The van der Waals surface area contributed by atoms with E-state index >= 15 is 0 Å². The molecule has 2 aromatic heterocycles. The zero-order chi connectivity index (χ0) is 37.4. The Balaban J connectivity index is 1.20. The van der Waals surface area contributed by atoms with Crippen molar-refractivity contribution in [3.63, 3.8) is 0 Å². The summed E-state index contributed by atoms with van der Waals surface area (Å²) in [6, 6.07) is 65.0. The predicted molar refractivity (Wildman–Crippen MR) is 231 cm³/mol. The summed E-state index contributed by atoms with van der Waals surface area (Å²) in [6.07, 6.45) is 0. The van der Waals surface area contributed by atoms with Crippen molar-refractivity contribution in [1.29, 1.82) is 0 Å².